The molecule has 5 nitrogen and oxygen atoms in total. The summed E-state index contributed by atoms with van der Waals surface area (Å²) in [5.41, 5.74) is 1.69. The van der Waals surface area contributed by atoms with Gasteiger partial charge in [-0.1, -0.05) is 34.1 Å². The second kappa shape index (κ2) is 7.23. The van der Waals surface area contributed by atoms with Crippen LogP contribution >= 0.6 is 15.9 Å². The Bertz CT molecular complexity index is 994. The van der Waals surface area contributed by atoms with Crippen molar-refractivity contribution in [1.29, 1.82) is 0 Å². The van der Waals surface area contributed by atoms with Crippen molar-refractivity contribution in [3.05, 3.63) is 68.8 Å². The van der Waals surface area contributed by atoms with Gasteiger partial charge in [-0.3, -0.25) is 13.9 Å². The summed E-state index contributed by atoms with van der Waals surface area (Å²) < 4.78 is 22.5. The summed E-state index contributed by atoms with van der Waals surface area (Å²) in [6.07, 6.45) is 0.0338. The lowest BCUT2D eigenvalue weighted by atomic mass is 10.2. The first kappa shape index (κ1) is 17.4. The van der Waals surface area contributed by atoms with E-state index in [0.717, 1.165) is 11.0 Å². The van der Waals surface area contributed by atoms with Crippen molar-refractivity contribution in [1.82, 2.24) is 9.13 Å². The van der Waals surface area contributed by atoms with E-state index in [1.807, 2.05) is 24.3 Å². The molecule has 1 heterocycles. The molecule has 130 valence electrons. The molecule has 0 atom stereocenters. The molecule has 0 saturated heterocycles. The first-order valence-electron chi connectivity index (χ1n) is 7.71. The molecular formula is C18H16BrFN2O3. The van der Waals surface area contributed by atoms with Gasteiger partial charge in [-0.2, -0.15) is 0 Å². The van der Waals surface area contributed by atoms with Crippen LogP contribution in [0.2, 0.25) is 0 Å². The Hall–Kier alpha value is -2.41. The topological polar surface area (TPSA) is 53.2 Å². The fraction of sp³-hybridized carbons (Fsp3) is 0.222. The van der Waals surface area contributed by atoms with Crippen molar-refractivity contribution >= 4 is 32.9 Å². The van der Waals surface area contributed by atoms with Crippen LogP contribution in [-0.2, 0) is 29.7 Å². The number of aryl methyl sites for hydroxylation is 2. The second-order valence-corrected chi connectivity index (χ2v) is 6.54. The van der Waals surface area contributed by atoms with Crippen molar-refractivity contribution in [2.24, 2.45) is 7.05 Å². The normalized spacial score (nSPS) is 11.0. The third kappa shape index (κ3) is 3.66. The summed E-state index contributed by atoms with van der Waals surface area (Å²) >= 11 is 3.17. The van der Waals surface area contributed by atoms with Gasteiger partial charge in [0, 0.05) is 23.6 Å². The van der Waals surface area contributed by atoms with E-state index in [2.05, 4.69) is 15.9 Å². The minimum Gasteiger partial charge on any atom is -0.461 e. The number of ether oxygens (including phenoxy) is 1. The zero-order valence-electron chi connectivity index (χ0n) is 13.5. The number of carbonyl (C=O) groups is 1. The summed E-state index contributed by atoms with van der Waals surface area (Å²) in [5.74, 6) is -0.922. The third-order valence-corrected chi connectivity index (χ3v) is 4.49. The number of imidazole rings is 1. The molecule has 0 amide bonds. The van der Waals surface area contributed by atoms with Crippen LogP contribution in [0.3, 0.4) is 0 Å². The third-order valence-electron chi connectivity index (χ3n) is 4.00. The van der Waals surface area contributed by atoms with E-state index in [9.17, 15) is 14.0 Å². The highest BCUT2D eigenvalue weighted by atomic mass is 79.9. The maximum Gasteiger partial charge on any atom is 0.328 e. The highest BCUT2D eigenvalue weighted by molar-refractivity contribution is 9.10. The first-order chi connectivity index (χ1) is 12.0. The monoisotopic (exact) mass is 406 g/mol. The number of fused-ring (bicyclic) bond motifs is 1. The molecule has 0 radical (unpaired) electrons. The van der Waals surface area contributed by atoms with Crippen LogP contribution in [0.1, 0.15) is 12.0 Å². The minimum absolute atomic E-state index is 0.0338. The first-order valence-corrected chi connectivity index (χ1v) is 8.50. The molecule has 3 rings (SSSR count). The lowest BCUT2D eigenvalue weighted by molar-refractivity contribution is -0.145. The van der Waals surface area contributed by atoms with Crippen LogP contribution in [0.25, 0.3) is 11.0 Å². The molecule has 0 aliphatic carbocycles. The van der Waals surface area contributed by atoms with Gasteiger partial charge in [0.25, 0.3) is 0 Å². The van der Waals surface area contributed by atoms with E-state index < -0.39 is 11.8 Å². The maximum atomic E-state index is 13.7. The Balaban J connectivity index is 1.65. The van der Waals surface area contributed by atoms with Crippen LogP contribution in [-0.4, -0.2) is 15.1 Å². The lowest BCUT2D eigenvalue weighted by Crippen LogP contribution is -2.23. The second-order valence-electron chi connectivity index (χ2n) is 5.63. The Morgan fingerprint density at radius 1 is 1.20 bits per heavy atom. The number of para-hydroxylation sites is 2. The molecule has 0 bridgehead atoms. The van der Waals surface area contributed by atoms with Crippen molar-refractivity contribution < 1.29 is 13.9 Å². The van der Waals surface area contributed by atoms with Gasteiger partial charge in [-0.15, -0.1) is 0 Å². The predicted molar refractivity (Wildman–Crippen MR) is 95.7 cm³/mol. The molecule has 0 aliphatic rings. The van der Waals surface area contributed by atoms with Gasteiger partial charge in [0.2, 0.25) is 0 Å². The van der Waals surface area contributed by atoms with Crippen LogP contribution in [0.15, 0.2) is 51.7 Å². The minimum atomic E-state index is -0.484. The number of aromatic nitrogens is 2. The smallest absolute Gasteiger partial charge is 0.328 e. The fourth-order valence-electron chi connectivity index (χ4n) is 2.65. The fourth-order valence-corrected chi connectivity index (χ4v) is 2.98. The zero-order valence-corrected chi connectivity index (χ0v) is 15.1. The average molecular weight is 407 g/mol. The number of hydrogen-bond acceptors (Lipinski definition) is 3. The summed E-state index contributed by atoms with van der Waals surface area (Å²) in [4.78, 5) is 24.2. The van der Waals surface area contributed by atoms with E-state index in [0.29, 0.717) is 10.0 Å². The Labute approximate surface area is 151 Å². The standard InChI is InChI=1S/C18H16BrFN2O3/c1-21-15-4-2-3-5-16(15)22(18(21)24)9-8-17(23)25-11-12-6-7-13(19)10-14(12)20/h2-7,10H,8-9,11H2,1H3. The quantitative estimate of drug-likeness (QED) is 0.610. The van der Waals surface area contributed by atoms with Crippen LogP contribution in [0, 0.1) is 5.82 Å². The van der Waals surface area contributed by atoms with Crippen LogP contribution in [0.4, 0.5) is 4.39 Å². The Morgan fingerprint density at radius 2 is 1.92 bits per heavy atom. The van der Waals surface area contributed by atoms with E-state index in [1.165, 1.54) is 15.2 Å². The van der Waals surface area contributed by atoms with Crippen molar-refractivity contribution in [3.8, 4) is 0 Å². The Morgan fingerprint density at radius 3 is 2.64 bits per heavy atom. The predicted octanol–water partition coefficient (Wildman–Crippen LogP) is 3.38. The molecule has 0 spiro atoms. The number of nitrogens with zero attached hydrogens (tertiary/aromatic N) is 2. The SMILES string of the molecule is Cn1c(=O)n(CCC(=O)OCc2ccc(Br)cc2F)c2ccccc21. The van der Waals surface area contributed by atoms with Crippen LogP contribution in [0.5, 0.6) is 0 Å². The molecule has 0 unspecified atom stereocenters. The molecule has 0 N–H and O–H groups in total. The van der Waals surface area contributed by atoms with E-state index >= 15 is 0 Å². The van der Waals surface area contributed by atoms with Gasteiger partial charge in [0.05, 0.1) is 17.5 Å². The summed E-state index contributed by atoms with van der Waals surface area (Å²) in [5, 5.41) is 0. The van der Waals surface area contributed by atoms with Gasteiger partial charge in [-0.25, -0.2) is 9.18 Å². The number of rotatable bonds is 5. The summed E-state index contributed by atoms with van der Waals surface area (Å²) in [6.45, 7) is 0.0736. The average Bonchev–Trinajstić information content (AvgIpc) is 2.84. The number of halogens is 2. The number of carbonyl (C=O) groups excluding carboxylic acids is 1. The van der Waals surface area contributed by atoms with E-state index in [-0.39, 0.29) is 25.3 Å². The van der Waals surface area contributed by atoms with Crippen molar-refractivity contribution in [2.45, 2.75) is 19.6 Å². The van der Waals surface area contributed by atoms with Crippen molar-refractivity contribution in [3.63, 3.8) is 0 Å². The van der Waals surface area contributed by atoms with Gasteiger partial charge in [-0.05, 0) is 24.3 Å². The van der Waals surface area contributed by atoms with E-state index in [4.69, 9.17) is 4.74 Å². The van der Waals surface area contributed by atoms with E-state index in [1.54, 1.807) is 19.2 Å². The van der Waals surface area contributed by atoms with Gasteiger partial charge < -0.3 is 4.74 Å². The number of esters is 1. The molecule has 0 saturated carbocycles. The van der Waals surface area contributed by atoms with Gasteiger partial charge in [0.15, 0.2) is 0 Å². The molecule has 2 aromatic carbocycles. The van der Waals surface area contributed by atoms with Gasteiger partial charge in [0.1, 0.15) is 12.4 Å². The molecule has 25 heavy (non-hydrogen) atoms. The molecule has 1 aromatic heterocycles. The molecule has 3 aromatic rings. The van der Waals surface area contributed by atoms with Crippen LogP contribution < -0.4 is 5.69 Å². The lowest BCUT2D eigenvalue weighted by Gasteiger charge is -2.07. The highest BCUT2D eigenvalue weighted by Gasteiger charge is 2.12. The summed E-state index contributed by atoms with van der Waals surface area (Å²) in [7, 11) is 1.69. The molecule has 7 heteroatoms. The molecule has 0 aliphatic heterocycles. The number of hydrogen-bond donors (Lipinski definition) is 0. The number of benzene rings is 2. The largest absolute Gasteiger partial charge is 0.461 e. The molecule has 0 fully saturated rings. The highest BCUT2D eigenvalue weighted by Crippen LogP contribution is 2.16. The summed E-state index contributed by atoms with van der Waals surface area (Å²) in [6, 6.07) is 11.9. The maximum absolute atomic E-state index is 13.7. The molecular weight excluding hydrogens is 391 g/mol. The van der Waals surface area contributed by atoms with Crippen molar-refractivity contribution in [2.75, 3.05) is 0 Å². The van der Waals surface area contributed by atoms with Gasteiger partial charge >= 0.3 is 11.7 Å². The zero-order chi connectivity index (χ0) is 18.0. The Kier molecular flexibility index (Phi) is 5.03.